The van der Waals surface area contributed by atoms with Crippen LogP contribution < -0.4 is 5.73 Å². The van der Waals surface area contributed by atoms with E-state index in [0.29, 0.717) is 25.7 Å². The van der Waals surface area contributed by atoms with Crippen LogP contribution in [0.1, 0.15) is 12.2 Å². The van der Waals surface area contributed by atoms with Gasteiger partial charge in [0.2, 0.25) is 0 Å². The van der Waals surface area contributed by atoms with Crippen LogP contribution in [0.5, 0.6) is 0 Å². The van der Waals surface area contributed by atoms with Crippen LogP contribution in [-0.2, 0) is 11.3 Å². The first-order valence-corrected chi connectivity index (χ1v) is 7.74. The minimum absolute atomic E-state index is 0. The fourth-order valence-corrected chi connectivity index (χ4v) is 2.72. The molecule has 1 fully saturated rings. The Bertz CT molecular complexity index is 381. The summed E-state index contributed by atoms with van der Waals surface area (Å²) in [6.07, 6.45) is 2.53. The van der Waals surface area contributed by atoms with Gasteiger partial charge in [0.1, 0.15) is 12.4 Å². The predicted octanol–water partition coefficient (Wildman–Crippen LogP) is 2.17. The molecule has 0 amide bonds. The Labute approximate surface area is 141 Å². The monoisotopic (exact) mass is 411 g/mol. The summed E-state index contributed by atoms with van der Waals surface area (Å²) in [6, 6.07) is 3.77. The summed E-state index contributed by atoms with van der Waals surface area (Å²) in [5.41, 5.74) is 5.95. The Balaban J connectivity index is 0.00000200. The Hall–Kier alpha value is -0.410. The van der Waals surface area contributed by atoms with Gasteiger partial charge in [-0.25, -0.2) is 0 Å². The van der Waals surface area contributed by atoms with Gasteiger partial charge >= 0.3 is 0 Å². The van der Waals surface area contributed by atoms with Crippen molar-refractivity contribution in [1.82, 2.24) is 4.90 Å². The third kappa shape index (κ3) is 6.36. The Kier molecular flexibility index (Phi) is 9.12. The summed E-state index contributed by atoms with van der Waals surface area (Å²) in [5, 5.41) is 0. The van der Waals surface area contributed by atoms with Gasteiger partial charge in [0.15, 0.2) is 5.96 Å². The van der Waals surface area contributed by atoms with E-state index < -0.39 is 0 Å². The topological polar surface area (TPSA) is 64.0 Å². The van der Waals surface area contributed by atoms with Crippen LogP contribution in [0.3, 0.4) is 0 Å². The lowest BCUT2D eigenvalue weighted by Crippen LogP contribution is -2.42. The summed E-state index contributed by atoms with van der Waals surface area (Å²) in [5.74, 6) is 3.81. The fraction of sp³-hybridized carbons (Fsp3) is 0.615. The molecule has 0 aliphatic carbocycles. The van der Waals surface area contributed by atoms with E-state index in [-0.39, 0.29) is 24.0 Å². The molecule has 2 N–H and O–H groups in total. The Morgan fingerprint density at radius 1 is 1.45 bits per heavy atom. The van der Waals surface area contributed by atoms with Crippen LogP contribution in [0, 0.1) is 0 Å². The van der Waals surface area contributed by atoms with Crippen LogP contribution in [0.2, 0.25) is 0 Å². The lowest BCUT2D eigenvalue weighted by molar-refractivity contribution is 0.105. The molecule has 0 saturated carbocycles. The molecule has 0 aromatic carbocycles. The number of aliphatic imine (C=N–C) groups is 1. The molecule has 114 valence electrons. The van der Waals surface area contributed by atoms with Gasteiger partial charge in [-0.3, -0.25) is 4.99 Å². The first kappa shape index (κ1) is 17.6. The third-order valence-corrected chi connectivity index (χ3v) is 3.82. The highest BCUT2D eigenvalue weighted by atomic mass is 127. The Morgan fingerprint density at radius 3 is 2.95 bits per heavy atom. The van der Waals surface area contributed by atoms with E-state index in [1.165, 1.54) is 0 Å². The maximum absolute atomic E-state index is 5.95. The highest BCUT2D eigenvalue weighted by Gasteiger charge is 2.11. The second-order valence-corrected chi connectivity index (χ2v) is 5.55. The van der Waals surface area contributed by atoms with E-state index in [2.05, 4.69) is 9.89 Å². The number of ether oxygens (including phenoxy) is 1. The lowest BCUT2D eigenvalue weighted by Gasteiger charge is -2.27. The van der Waals surface area contributed by atoms with E-state index in [1.54, 1.807) is 6.26 Å². The zero-order valence-corrected chi connectivity index (χ0v) is 14.6. The zero-order valence-electron chi connectivity index (χ0n) is 11.5. The summed E-state index contributed by atoms with van der Waals surface area (Å²) in [4.78, 5) is 6.54. The van der Waals surface area contributed by atoms with Crippen LogP contribution in [-0.4, -0.2) is 48.6 Å². The van der Waals surface area contributed by atoms with Gasteiger partial charge < -0.3 is 19.8 Å². The molecule has 1 aromatic rings. The van der Waals surface area contributed by atoms with Crippen molar-refractivity contribution in [3.05, 3.63) is 24.2 Å². The molecule has 1 aromatic heterocycles. The minimum atomic E-state index is 0. The summed E-state index contributed by atoms with van der Waals surface area (Å²) < 4.78 is 10.7. The molecule has 0 radical (unpaired) electrons. The predicted molar refractivity (Wildman–Crippen MR) is 93.8 cm³/mol. The number of rotatable bonds is 6. The van der Waals surface area contributed by atoms with E-state index >= 15 is 0 Å². The molecule has 5 nitrogen and oxygen atoms in total. The maximum Gasteiger partial charge on any atom is 0.191 e. The van der Waals surface area contributed by atoms with Crippen molar-refractivity contribution in [2.45, 2.75) is 13.0 Å². The zero-order chi connectivity index (χ0) is 13.3. The second-order valence-electron chi connectivity index (χ2n) is 4.32. The van der Waals surface area contributed by atoms with E-state index in [0.717, 1.165) is 36.8 Å². The van der Waals surface area contributed by atoms with Crippen LogP contribution in [0.15, 0.2) is 27.8 Å². The average molecular weight is 411 g/mol. The van der Waals surface area contributed by atoms with Gasteiger partial charge in [-0.1, -0.05) is 0 Å². The smallest absolute Gasteiger partial charge is 0.191 e. The summed E-state index contributed by atoms with van der Waals surface area (Å²) >= 11 is 1.97. The summed E-state index contributed by atoms with van der Waals surface area (Å²) in [6.45, 7) is 3.93. The molecular weight excluding hydrogens is 389 g/mol. The molecule has 2 rings (SSSR count). The average Bonchev–Trinajstić information content (AvgIpc) is 2.96. The molecule has 1 aliphatic heterocycles. The van der Waals surface area contributed by atoms with Gasteiger partial charge in [0, 0.05) is 37.7 Å². The first-order chi connectivity index (χ1) is 9.36. The van der Waals surface area contributed by atoms with Gasteiger partial charge in [0.25, 0.3) is 0 Å². The van der Waals surface area contributed by atoms with Gasteiger partial charge in [-0.15, -0.1) is 24.0 Å². The number of furan rings is 1. The normalized spacial score (nSPS) is 16.0. The van der Waals surface area contributed by atoms with Crippen molar-refractivity contribution in [3.63, 3.8) is 0 Å². The number of thioether (sulfide) groups is 1. The molecule has 1 aliphatic rings. The van der Waals surface area contributed by atoms with Crippen LogP contribution in [0.25, 0.3) is 0 Å². The Morgan fingerprint density at radius 2 is 2.25 bits per heavy atom. The van der Waals surface area contributed by atoms with Gasteiger partial charge in [0.05, 0.1) is 6.26 Å². The SMILES string of the molecule is I.NC(=NCCCOCc1ccco1)N1CCSCC1. The maximum atomic E-state index is 5.95. The lowest BCUT2D eigenvalue weighted by atomic mass is 10.4. The fourth-order valence-electron chi connectivity index (χ4n) is 1.82. The van der Waals surface area contributed by atoms with Crippen molar-refractivity contribution in [2.75, 3.05) is 37.7 Å². The van der Waals surface area contributed by atoms with Crippen molar-refractivity contribution in [3.8, 4) is 0 Å². The third-order valence-electron chi connectivity index (χ3n) is 2.88. The number of hydrogen-bond donors (Lipinski definition) is 1. The van der Waals surface area contributed by atoms with Crippen molar-refractivity contribution < 1.29 is 9.15 Å². The van der Waals surface area contributed by atoms with E-state index in [4.69, 9.17) is 14.9 Å². The van der Waals surface area contributed by atoms with E-state index in [1.807, 2.05) is 23.9 Å². The van der Waals surface area contributed by atoms with Crippen molar-refractivity contribution in [1.29, 1.82) is 0 Å². The minimum Gasteiger partial charge on any atom is -0.467 e. The van der Waals surface area contributed by atoms with Gasteiger partial charge in [-0.05, 0) is 18.6 Å². The molecule has 7 heteroatoms. The molecule has 0 unspecified atom stereocenters. The molecule has 0 bridgehead atoms. The van der Waals surface area contributed by atoms with Crippen molar-refractivity contribution in [2.24, 2.45) is 10.7 Å². The van der Waals surface area contributed by atoms with Gasteiger partial charge in [-0.2, -0.15) is 11.8 Å². The number of nitrogens with zero attached hydrogens (tertiary/aromatic N) is 2. The van der Waals surface area contributed by atoms with Crippen LogP contribution >= 0.6 is 35.7 Å². The largest absolute Gasteiger partial charge is 0.467 e. The highest BCUT2D eigenvalue weighted by Crippen LogP contribution is 2.08. The van der Waals surface area contributed by atoms with Crippen molar-refractivity contribution >= 4 is 41.7 Å². The van der Waals surface area contributed by atoms with E-state index in [9.17, 15) is 0 Å². The highest BCUT2D eigenvalue weighted by molar-refractivity contribution is 14.0. The standard InChI is InChI=1S/C13H21N3O2S.HI/c14-13(16-5-9-19-10-6-16)15-4-2-7-17-11-12-3-1-8-18-12;/h1,3,8H,2,4-7,9-11H2,(H2,14,15);1H. The number of hydrogen-bond acceptors (Lipinski definition) is 4. The first-order valence-electron chi connectivity index (χ1n) is 6.59. The molecule has 20 heavy (non-hydrogen) atoms. The molecular formula is C13H22IN3O2S. The number of halogens is 1. The molecule has 0 spiro atoms. The molecule has 1 saturated heterocycles. The number of nitrogens with two attached hydrogens (primary N) is 1. The summed E-state index contributed by atoms with van der Waals surface area (Å²) in [7, 11) is 0. The quantitative estimate of drug-likeness (QED) is 0.337. The van der Waals surface area contributed by atoms with Crippen LogP contribution in [0.4, 0.5) is 0 Å². The second kappa shape index (κ2) is 10.3. The number of guanidine groups is 1. The molecule has 0 atom stereocenters. The molecule has 2 heterocycles.